The molecule has 0 spiro atoms. The lowest BCUT2D eigenvalue weighted by Crippen LogP contribution is -2.05. The molecule has 3 rings (SSSR count). The van der Waals surface area contributed by atoms with Crippen LogP contribution in [0.1, 0.15) is 5.56 Å². The van der Waals surface area contributed by atoms with Gasteiger partial charge < -0.3 is 13.9 Å². The van der Waals surface area contributed by atoms with Gasteiger partial charge in [0, 0.05) is 34.2 Å². The molecule has 1 aromatic heterocycles. The van der Waals surface area contributed by atoms with Gasteiger partial charge in [-0.05, 0) is 24.3 Å². The van der Waals surface area contributed by atoms with E-state index in [2.05, 4.69) is 0 Å². The van der Waals surface area contributed by atoms with Gasteiger partial charge in [0.2, 0.25) is 0 Å². The van der Waals surface area contributed by atoms with Crippen molar-refractivity contribution in [1.29, 1.82) is 0 Å². The van der Waals surface area contributed by atoms with E-state index in [0.29, 0.717) is 22.3 Å². The quantitative estimate of drug-likeness (QED) is 0.388. The molecule has 0 N–H and O–H groups in total. The van der Waals surface area contributed by atoms with E-state index in [1.807, 2.05) is 0 Å². The van der Waals surface area contributed by atoms with Crippen LogP contribution in [-0.2, 0) is 6.61 Å². The van der Waals surface area contributed by atoms with Gasteiger partial charge in [-0.15, -0.1) is 0 Å². The molecular formula is C17H12ClNO6. The second-order valence-corrected chi connectivity index (χ2v) is 5.55. The highest BCUT2D eigenvalue weighted by Gasteiger charge is 2.16. The molecular weight excluding hydrogens is 350 g/mol. The minimum Gasteiger partial charge on any atom is -0.497 e. The molecule has 0 aliphatic heterocycles. The van der Waals surface area contributed by atoms with Crippen LogP contribution in [0.5, 0.6) is 11.5 Å². The molecule has 0 fully saturated rings. The fourth-order valence-corrected chi connectivity index (χ4v) is 2.53. The van der Waals surface area contributed by atoms with Crippen molar-refractivity contribution in [2.45, 2.75) is 6.61 Å². The van der Waals surface area contributed by atoms with Gasteiger partial charge in [-0.25, -0.2) is 4.79 Å². The molecule has 0 bridgehead atoms. The summed E-state index contributed by atoms with van der Waals surface area (Å²) in [5.74, 6) is 0.603. The van der Waals surface area contributed by atoms with Gasteiger partial charge in [0.1, 0.15) is 17.9 Å². The van der Waals surface area contributed by atoms with E-state index in [-0.39, 0.29) is 23.1 Å². The molecule has 128 valence electrons. The minimum atomic E-state index is -0.580. The van der Waals surface area contributed by atoms with E-state index >= 15 is 0 Å². The maximum Gasteiger partial charge on any atom is 0.336 e. The molecule has 7 nitrogen and oxygen atoms in total. The predicted molar refractivity (Wildman–Crippen MR) is 91.5 cm³/mol. The van der Waals surface area contributed by atoms with Crippen LogP contribution in [-0.4, -0.2) is 12.0 Å². The summed E-state index contributed by atoms with van der Waals surface area (Å²) in [5.41, 5.74) is 0.0839. The number of halogens is 1. The van der Waals surface area contributed by atoms with Crippen molar-refractivity contribution in [1.82, 2.24) is 0 Å². The van der Waals surface area contributed by atoms with Crippen molar-refractivity contribution < 1.29 is 18.8 Å². The molecule has 0 radical (unpaired) electrons. The zero-order chi connectivity index (χ0) is 18.0. The van der Waals surface area contributed by atoms with Gasteiger partial charge in [-0.1, -0.05) is 11.6 Å². The summed E-state index contributed by atoms with van der Waals surface area (Å²) in [4.78, 5) is 22.3. The van der Waals surface area contributed by atoms with Gasteiger partial charge >= 0.3 is 11.3 Å². The van der Waals surface area contributed by atoms with Crippen molar-refractivity contribution in [2.75, 3.05) is 7.11 Å². The Bertz CT molecular complexity index is 1010. The van der Waals surface area contributed by atoms with E-state index in [1.165, 1.54) is 31.4 Å². The maximum atomic E-state index is 11.7. The molecule has 0 saturated carbocycles. The smallest absolute Gasteiger partial charge is 0.336 e. The second-order valence-electron chi connectivity index (χ2n) is 5.11. The van der Waals surface area contributed by atoms with Gasteiger partial charge in [-0.3, -0.25) is 10.1 Å². The number of ether oxygens (including phenoxy) is 2. The van der Waals surface area contributed by atoms with Gasteiger partial charge in [0.25, 0.3) is 0 Å². The lowest BCUT2D eigenvalue weighted by atomic mass is 10.1. The summed E-state index contributed by atoms with van der Waals surface area (Å²) in [6.45, 7) is -0.0447. The first-order chi connectivity index (χ1) is 12.0. The third kappa shape index (κ3) is 3.56. The minimum absolute atomic E-state index is 0.0447. The Kier molecular flexibility index (Phi) is 4.58. The van der Waals surface area contributed by atoms with E-state index in [9.17, 15) is 14.9 Å². The molecule has 25 heavy (non-hydrogen) atoms. The second kappa shape index (κ2) is 6.82. The first kappa shape index (κ1) is 16.8. The Labute approximate surface area is 146 Å². The molecule has 0 amide bonds. The number of fused-ring (bicyclic) bond motifs is 1. The lowest BCUT2D eigenvalue weighted by molar-refractivity contribution is -0.385. The largest absolute Gasteiger partial charge is 0.497 e. The van der Waals surface area contributed by atoms with Crippen LogP contribution in [0.3, 0.4) is 0 Å². The lowest BCUT2D eigenvalue weighted by Gasteiger charge is -2.09. The van der Waals surface area contributed by atoms with Crippen molar-refractivity contribution in [2.24, 2.45) is 0 Å². The molecule has 8 heteroatoms. The van der Waals surface area contributed by atoms with Gasteiger partial charge in [0.15, 0.2) is 5.75 Å². The third-order valence-electron chi connectivity index (χ3n) is 3.54. The summed E-state index contributed by atoms with van der Waals surface area (Å²) in [6, 6.07) is 10.4. The highest BCUT2D eigenvalue weighted by molar-refractivity contribution is 6.30. The highest BCUT2D eigenvalue weighted by Crippen LogP contribution is 2.31. The normalized spacial score (nSPS) is 10.6. The van der Waals surface area contributed by atoms with Crippen molar-refractivity contribution in [3.8, 4) is 11.5 Å². The SMILES string of the molecule is COc1ccc2c(COc3ccc(Cl)cc3[N+](=O)[O-])cc(=O)oc2c1. The van der Waals surface area contributed by atoms with E-state index in [4.69, 9.17) is 25.5 Å². The topological polar surface area (TPSA) is 91.8 Å². The van der Waals surface area contributed by atoms with Crippen LogP contribution in [0.25, 0.3) is 11.0 Å². The summed E-state index contributed by atoms with van der Waals surface area (Å²) in [7, 11) is 1.51. The standard InChI is InChI=1S/C17H12ClNO6/c1-23-12-3-4-13-10(6-17(20)25-16(13)8-12)9-24-15-5-2-11(18)7-14(15)19(21)22/h2-8H,9H2,1H3. The summed E-state index contributed by atoms with van der Waals surface area (Å²) >= 11 is 5.78. The fraction of sp³-hybridized carbons (Fsp3) is 0.118. The number of rotatable bonds is 5. The molecule has 0 unspecified atom stereocenters. The van der Waals surface area contributed by atoms with Crippen molar-refractivity contribution >= 4 is 28.3 Å². The monoisotopic (exact) mass is 361 g/mol. The molecule has 0 aliphatic carbocycles. The molecule has 1 heterocycles. The summed E-state index contributed by atoms with van der Waals surface area (Å²) < 4.78 is 15.8. The Balaban J connectivity index is 1.97. The molecule has 2 aromatic carbocycles. The molecule has 0 saturated heterocycles. The Hall–Kier alpha value is -3.06. The third-order valence-corrected chi connectivity index (χ3v) is 3.77. The fourth-order valence-electron chi connectivity index (χ4n) is 2.37. The van der Waals surface area contributed by atoms with Crippen LogP contribution in [0.4, 0.5) is 5.69 Å². The van der Waals surface area contributed by atoms with Gasteiger partial charge in [0.05, 0.1) is 12.0 Å². The summed E-state index contributed by atoms with van der Waals surface area (Å²) in [6.07, 6.45) is 0. The number of hydrogen-bond acceptors (Lipinski definition) is 6. The van der Waals surface area contributed by atoms with Crippen LogP contribution in [0, 0.1) is 10.1 Å². The van der Waals surface area contributed by atoms with Crippen molar-refractivity contribution in [3.63, 3.8) is 0 Å². The first-order valence-corrected chi connectivity index (χ1v) is 7.53. The first-order valence-electron chi connectivity index (χ1n) is 7.15. The number of benzene rings is 2. The maximum absolute atomic E-state index is 11.7. The van der Waals surface area contributed by atoms with E-state index in [1.54, 1.807) is 18.2 Å². The number of nitrogens with zero attached hydrogens (tertiary/aromatic N) is 1. The predicted octanol–water partition coefficient (Wildman–Crippen LogP) is 3.94. The van der Waals surface area contributed by atoms with E-state index in [0.717, 1.165) is 0 Å². The van der Waals surface area contributed by atoms with Crippen LogP contribution in [0.2, 0.25) is 5.02 Å². The van der Waals surface area contributed by atoms with E-state index < -0.39 is 10.5 Å². The number of methoxy groups -OCH3 is 1. The van der Waals surface area contributed by atoms with Crippen molar-refractivity contribution in [3.05, 3.63) is 73.6 Å². The van der Waals surface area contributed by atoms with Crippen LogP contribution in [0.15, 0.2) is 51.7 Å². The van der Waals surface area contributed by atoms with Gasteiger partial charge in [-0.2, -0.15) is 0 Å². The number of hydrogen-bond donors (Lipinski definition) is 0. The Morgan fingerprint density at radius 1 is 1.20 bits per heavy atom. The highest BCUT2D eigenvalue weighted by atomic mass is 35.5. The molecule has 0 atom stereocenters. The average Bonchev–Trinajstić information content (AvgIpc) is 2.59. The van der Waals surface area contributed by atoms with Crippen LogP contribution < -0.4 is 15.1 Å². The zero-order valence-corrected chi connectivity index (χ0v) is 13.8. The molecule has 3 aromatic rings. The molecule has 0 aliphatic rings. The van der Waals surface area contributed by atoms with Crippen LogP contribution >= 0.6 is 11.6 Å². The summed E-state index contributed by atoms with van der Waals surface area (Å²) in [5, 5.41) is 12.0. The Morgan fingerprint density at radius 2 is 2.00 bits per heavy atom. The number of nitro groups is 1. The average molecular weight is 362 g/mol. The Morgan fingerprint density at radius 3 is 2.72 bits per heavy atom. The zero-order valence-electron chi connectivity index (χ0n) is 13.0. The number of nitro benzene ring substituents is 1.